The molecule has 36 heavy (non-hydrogen) atoms. The van der Waals surface area contributed by atoms with Gasteiger partial charge in [-0.25, -0.2) is 0 Å². The number of anilines is 1. The molecule has 0 atom stereocenters. The summed E-state index contributed by atoms with van der Waals surface area (Å²) in [6.45, 7) is 8.88. The van der Waals surface area contributed by atoms with Gasteiger partial charge >= 0.3 is 0 Å². The van der Waals surface area contributed by atoms with Gasteiger partial charge in [-0.1, -0.05) is 36.4 Å². The van der Waals surface area contributed by atoms with E-state index in [9.17, 15) is 4.79 Å². The largest absolute Gasteiger partial charge is 0.369 e. The van der Waals surface area contributed by atoms with Crippen molar-refractivity contribution in [2.24, 2.45) is 7.05 Å². The lowest BCUT2D eigenvalue weighted by Crippen LogP contribution is -2.48. The highest BCUT2D eigenvalue weighted by atomic mass is 16.1. The maximum atomic E-state index is 13.0. The first-order valence-corrected chi connectivity index (χ1v) is 12.7. The minimum atomic E-state index is -0.124. The van der Waals surface area contributed by atoms with Crippen LogP contribution in [0.2, 0.25) is 0 Å². The van der Waals surface area contributed by atoms with Crippen LogP contribution in [-0.4, -0.2) is 51.9 Å². The van der Waals surface area contributed by atoms with Gasteiger partial charge in [0.1, 0.15) is 5.69 Å². The number of para-hydroxylation sites is 1. The molecule has 1 saturated heterocycles. The molecule has 1 aliphatic heterocycles. The van der Waals surface area contributed by atoms with Crippen LogP contribution in [0, 0.1) is 0 Å². The van der Waals surface area contributed by atoms with Gasteiger partial charge in [0, 0.05) is 55.9 Å². The van der Waals surface area contributed by atoms with E-state index in [0.29, 0.717) is 17.3 Å². The Hall–Kier alpha value is -3.90. The second-order valence-corrected chi connectivity index (χ2v) is 9.97. The van der Waals surface area contributed by atoms with Gasteiger partial charge in [0.2, 0.25) is 0 Å². The van der Waals surface area contributed by atoms with Crippen LogP contribution in [0.15, 0.2) is 77.6 Å². The van der Waals surface area contributed by atoms with Crippen molar-refractivity contribution in [3.05, 3.63) is 83.2 Å². The third-order valence-electron chi connectivity index (χ3n) is 7.47. The van der Waals surface area contributed by atoms with Gasteiger partial charge in [0.15, 0.2) is 0 Å². The summed E-state index contributed by atoms with van der Waals surface area (Å²) in [6, 6.07) is 25.6. The van der Waals surface area contributed by atoms with Crippen LogP contribution in [0.3, 0.4) is 0 Å². The van der Waals surface area contributed by atoms with Crippen molar-refractivity contribution in [1.29, 1.82) is 0 Å². The molecule has 0 unspecified atom stereocenters. The number of aromatic nitrogens is 3. The first kappa shape index (κ1) is 22.6. The first-order chi connectivity index (χ1) is 17.5. The summed E-state index contributed by atoms with van der Waals surface area (Å²) < 4.78 is 1.83. The molecule has 6 nitrogen and oxygen atoms in total. The van der Waals surface area contributed by atoms with Crippen molar-refractivity contribution in [2.45, 2.75) is 19.9 Å². The summed E-state index contributed by atoms with van der Waals surface area (Å²) in [5, 5.41) is 6.63. The highest BCUT2D eigenvalue weighted by Crippen LogP contribution is 2.30. The Balaban J connectivity index is 1.32. The normalized spacial score (nSPS) is 14.8. The number of aromatic amines is 1. The van der Waals surface area contributed by atoms with Gasteiger partial charge in [-0.3, -0.25) is 14.4 Å². The Bertz CT molecular complexity index is 1600. The minimum Gasteiger partial charge on any atom is -0.369 e. The number of rotatable bonds is 4. The third kappa shape index (κ3) is 3.97. The maximum absolute atomic E-state index is 13.0. The quantitative estimate of drug-likeness (QED) is 0.383. The third-order valence-corrected chi connectivity index (χ3v) is 7.47. The molecule has 0 saturated carbocycles. The predicted octanol–water partition coefficient (Wildman–Crippen LogP) is 5.28. The molecule has 2 aromatic heterocycles. The van der Waals surface area contributed by atoms with E-state index in [2.05, 4.69) is 70.1 Å². The van der Waals surface area contributed by atoms with Crippen molar-refractivity contribution >= 4 is 27.5 Å². The number of hydrogen-bond donors (Lipinski definition) is 1. The lowest BCUT2D eigenvalue weighted by Gasteiger charge is -2.38. The highest BCUT2D eigenvalue weighted by Gasteiger charge is 2.19. The van der Waals surface area contributed by atoms with E-state index in [1.54, 1.807) is 0 Å². The van der Waals surface area contributed by atoms with E-state index < -0.39 is 0 Å². The van der Waals surface area contributed by atoms with Gasteiger partial charge in [0.25, 0.3) is 5.56 Å². The molecule has 5 aromatic rings. The van der Waals surface area contributed by atoms with E-state index in [4.69, 9.17) is 0 Å². The zero-order chi connectivity index (χ0) is 24.8. The second-order valence-electron chi connectivity index (χ2n) is 9.97. The topological polar surface area (TPSA) is 57.2 Å². The summed E-state index contributed by atoms with van der Waals surface area (Å²) in [5.41, 5.74) is 6.58. The summed E-state index contributed by atoms with van der Waals surface area (Å²) in [5.74, 6) is 0. The molecule has 6 heteroatoms. The van der Waals surface area contributed by atoms with E-state index in [0.717, 1.165) is 59.1 Å². The molecule has 0 amide bonds. The zero-order valence-corrected chi connectivity index (χ0v) is 21.0. The number of aryl methyl sites for hydroxylation is 1. The van der Waals surface area contributed by atoms with Crippen LogP contribution in [0.1, 0.15) is 13.8 Å². The van der Waals surface area contributed by atoms with Gasteiger partial charge in [0.05, 0.1) is 11.1 Å². The minimum absolute atomic E-state index is 0.124. The molecule has 3 aromatic carbocycles. The molecule has 182 valence electrons. The fourth-order valence-electron chi connectivity index (χ4n) is 5.34. The number of nitrogens with zero attached hydrogens (tertiary/aromatic N) is 4. The number of nitrogens with one attached hydrogen (secondary N) is 1. The Labute approximate surface area is 210 Å². The molecule has 6 rings (SSSR count). The van der Waals surface area contributed by atoms with E-state index in [1.165, 1.54) is 5.69 Å². The standard InChI is InChI=1S/C30H31N5O/c1-20(2)34-14-16-35(17-15-34)24-11-8-21(9-12-24)22-10-13-27-23(18-22)19-26(30(36)31-27)29-25-6-4-5-7-28(25)33(3)32-29/h4-13,18-20H,14-17H2,1-3H3,(H,31,36). The summed E-state index contributed by atoms with van der Waals surface area (Å²) in [4.78, 5) is 21.0. The van der Waals surface area contributed by atoms with Gasteiger partial charge in [-0.2, -0.15) is 5.10 Å². The van der Waals surface area contributed by atoms with Crippen molar-refractivity contribution in [2.75, 3.05) is 31.1 Å². The molecule has 0 spiro atoms. The molecular formula is C30H31N5O. The van der Waals surface area contributed by atoms with Crippen LogP contribution in [0.25, 0.3) is 44.2 Å². The monoisotopic (exact) mass is 477 g/mol. The number of fused-ring (bicyclic) bond motifs is 2. The second kappa shape index (κ2) is 8.95. The average Bonchev–Trinajstić information content (AvgIpc) is 3.24. The molecule has 0 radical (unpaired) electrons. The molecule has 0 aliphatic carbocycles. The fraction of sp³-hybridized carbons (Fsp3) is 0.267. The first-order valence-electron chi connectivity index (χ1n) is 12.7. The molecule has 1 N–H and O–H groups in total. The summed E-state index contributed by atoms with van der Waals surface area (Å²) in [6.07, 6.45) is 0. The van der Waals surface area contributed by atoms with Crippen molar-refractivity contribution in [1.82, 2.24) is 19.7 Å². The SMILES string of the molecule is CC(C)N1CCN(c2ccc(-c3ccc4[nH]c(=O)c(-c5nn(C)c6ccccc56)cc4c3)cc2)CC1. The zero-order valence-electron chi connectivity index (χ0n) is 21.0. The number of pyridine rings is 1. The fourth-order valence-corrected chi connectivity index (χ4v) is 5.34. The molecular weight excluding hydrogens is 446 g/mol. The molecule has 1 aliphatic rings. The summed E-state index contributed by atoms with van der Waals surface area (Å²) >= 11 is 0. The van der Waals surface area contributed by atoms with Crippen molar-refractivity contribution in [3.63, 3.8) is 0 Å². The Morgan fingerprint density at radius 2 is 1.58 bits per heavy atom. The molecule has 0 bridgehead atoms. The van der Waals surface area contributed by atoms with Crippen LogP contribution < -0.4 is 10.5 Å². The molecule has 3 heterocycles. The number of hydrogen-bond acceptors (Lipinski definition) is 4. The predicted molar refractivity (Wildman–Crippen MR) is 149 cm³/mol. The van der Waals surface area contributed by atoms with Gasteiger partial charge in [-0.05, 0) is 66.8 Å². The van der Waals surface area contributed by atoms with E-state index in [1.807, 2.05) is 48.1 Å². The smallest absolute Gasteiger partial charge is 0.257 e. The van der Waals surface area contributed by atoms with Crippen LogP contribution in [0.4, 0.5) is 5.69 Å². The molecule has 1 fully saturated rings. The highest BCUT2D eigenvalue weighted by molar-refractivity contribution is 5.96. The average molecular weight is 478 g/mol. The van der Waals surface area contributed by atoms with E-state index >= 15 is 0 Å². The van der Waals surface area contributed by atoms with Crippen LogP contribution in [-0.2, 0) is 7.05 Å². The van der Waals surface area contributed by atoms with E-state index in [-0.39, 0.29) is 5.56 Å². The van der Waals surface area contributed by atoms with Gasteiger partial charge in [-0.15, -0.1) is 0 Å². The van der Waals surface area contributed by atoms with Crippen LogP contribution >= 0.6 is 0 Å². The number of piperazine rings is 1. The summed E-state index contributed by atoms with van der Waals surface area (Å²) in [7, 11) is 1.91. The van der Waals surface area contributed by atoms with Gasteiger partial charge < -0.3 is 9.88 Å². The maximum Gasteiger partial charge on any atom is 0.257 e. The Morgan fingerprint density at radius 3 is 2.33 bits per heavy atom. The van der Waals surface area contributed by atoms with Crippen molar-refractivity contribution < 1.29 is 0 Å². The van der Waals surface area contributed by atoms with Crippen molar-refractivity contribution in [3.8, 4) is 22.4 Å². The number of benzene rings is 3. The van der Waals surface area contributed by atoms with Crippen LogP contribution in [0.5, 0.6) is 0 Å². The Morgan fingerprint density at radius 1 is 0.861 bits per heavy atom. The number of H-pyrrole nitrogens is 1. The lowest BCUT2D eigenvalue weighted by molar-refractivity contribution is 0.209. The Kier molecular flexibility index (Phi) is 5.61. The lowest BCUT2D eigenvalue weighted by atomic mass is 10.0.